The number of methoxy groups -OCH3 is 1. The number of ether oxygens (including phenoxy) is 1. The number of esters is 1. The highest BCUT2D eigenvalue weighted by Crippen LogP contribution is 2.44. The number of aliphatic hydroxyl groups is 1. The number of carbonyl (C=O) groups excluding carboxylic acids is 1. The van der Waals surface area contributed by atoms with E-state index in [0.717, 1.165) is 6.07 Å². The minimum absolute atomic E-state index is 0.0968. The molecule has 0 heterocycles. The van der Waals surface area contributed by atoms with Crippen molar-refractivity contribution in [2.24, 2.45) is 0 Å². The third kappa shape index (κ3) is 2.12. The molecule has 1 aromatic rings. The molecular formula is C14H16F2O3. The molecule has 0 aliphatic heterocycles. The Morgan fingerprint density at radius 2 is 2.16 bits per heavy atom. The molecule has 19 heavy (non-hydrogen) atoms. The topological polar surface area (TPSA) is 46.5 Å². The van der Waals surface area contributed by atoms with Gasteiger partial charge in [-0.3, -0.25) is 4.79 Å². The molecule has 2 unspecified atom stereocenters. The van der Waals surface area contributed by atoms with E-state index in [1.807, 2.05) is 0 Å². The summed E-state index contributed by atoms with van der Waals surface area (Å²) in [6.07, 6.45) is 0.345. The van der Waals surface area contributed by atoms with E-state index in [1.54, 1.807) is 0 Å². The summed E-state index contributed by atoms with van der Waals surface area (Å²) in [5, 5.41) is 9.71. The summed E-state index contributed by atoms with van der Waals surface area (Å²) in [5.41, 5.74) is -0.582. The maximum Gasteiger partial charge on any atom is 0.316 e. The van der Waals surface area contributed by atoms with Crippen LogP contribution in [0.1, 0.15) is 30.4 Å². The molecule has 1 N–H and O–H groups in total. The van der Waals surface area contributed by atoms with Crippen molar-refractivity contribution in [2.45, 2.75) is 37.7 Å². The minimum atomic E-state index is -1.08. The number of rotatable bonds is 2. The Bertz CT molecular complexity index is 516. The van der Waals surface area contributed by atoms with Crippen LogP contribution in [0.25, 0.3) is 0 Å². The fourth-order valence-corrected chi connectivity index (χ4v) is 2.93. The molecule has 2 rings (SSSR count). The lowest BCUT2D eigenvalue weighted by Crippen LogP contribution is -2.36. The molecule has 0 amide bonds. The first-order valence-electron chi connectivity index (χ1n) is 6.14. The Kier molecular flexibility index (Phi) is 3.58. The van der Waals surface area contributed by atoms with Crippen molar-refractivity contribution >= 4 is 5.97 Å². The summed E-state index contributed by atoms with van der Waals surface area (Å²) in [6, 6.07) is 2.41. The molecule has 1 fully saturated rings. The second kappa shape index (κ2) is 4.89. The van der Waals surface area contributed by atoms with Gasteiger partial charge in [0.05, 0.1) is 18.6 Å². The van der Waals surface area contributed by atoms with E-state index in [1.165, 1.54) is 20.1 Å². The van der Waals surface area contributed by atoms with Crippen LogP contribution in [0.4, 0.5) is 8.78 Å². The average molecular weight is 270 g/mol. The van der Waals surface area contributed by atoms with Crippen LogP contribution in [0.2, 0.25) is 0 Å². The molecule has 0 bridgehead atoms. The summed E-state index contributed by atoms with van der Waals surface area (Å²) >= 11 is 0. The molecule has 3 nitrogen and oxygen atoms in total. The van der Waals surface area contributed by atoms with Crippen LogP contribution in [-0.4, -0.2) is 24.3 Å². The van der Waals surface area contributed by atoms with Crippen LogP contribution in [0.5, 0.6) is 0 Å². The molecule has 0 aromatic heterocycles. The Morgan fingerprint density at radius 3 is 2.68 bits per heavy atom. The quantitative estimate of drug-likeness (QED) is 0.838. The van der Waals surface area contributed by atoms with Crippen molar-refractivity contribution < 1.29 is 23.4 Å². The summed E-state index contributed by atoms with van der Waals surface area (Å²) < 4.78 is 31.7. The lowest BCUT2D eigenvalue weighted by molar-refractivity contribution is -0.147. The van der Waals surface area contributed by atoms with E-state index in [0.29, 0.717) is 18.4 Å². The van der Waals surface area contributed by atoms with Crippen LogP contribution in [0.3, 0.4) is 0 Å². The fourth-order valence-electron chi connectivity index (χ4n) is 2.93. The van der Waals surface area contributed by atoms with Crippen molar-refractivity contribution in [2.75, 3.05) is 7.11 Å². The standard InChI is InChI=1S/C14H16F2O3/c1-8-10(3-4-11(15)12(8)16)14(13(18)19-2)6-5-9(17)7-14/h3-4,9,17H,5-7H2,1-2H3. The molecule has 0 saturated heterocycles. The Labute approximate surface area is 110 Å². The second-order valence-electron chi connectivity index (χ2n) is 5.00. The van der Waals surface area contributed by atoms with Crippen molar-refractivity contribution in [3.8, 4) is 0 Å². The third-order valence-corrected chi connectivity index (χ3v) is 3.92. The Hall–Kier alpha value is -1.49. The van der Waals surface area contributed by atoms with Gasteiger partial charge in [-0.1, -0.05) is 6.07 Å². The van der Waals surface area contributed by atoms with Crippen LogP contribution >= 0.6 is 0 Å². The smallest absolute Gasteiger partial charge is 0.316 e. The Balaban J connectivity index is 2.57. The van der Waals surface area contributed by atoms with Gasteiger partial charge in [0.2, 0.25) is 0 Å². The van der Waals surface area contributed by atoms with E-state index >= 15 is 0 Å². The maximum absolute atomic E-state index is 13.7. The van der Waals surface area contributed by atoms with E-state index < -0.39 is 29.1 Å². The predicted molar refractivity (Wildman–Crippen MR) is 64.6 cm³/mol. The number of benzene rings is 1. The highest BCUT2D eigenvalue weighted by Gasteiger charge is 2.48. The summed E-state index contributed by atoms with van der Waals surface area (Å²) in [4.78, 5) is 12.1. The zero-order valence-electron chi connectivity index (χ0n) is 10.9. The largest absolute Gasteiger partial charge is 0.468 e. The zero-order valence-corrected chi connectivity index (χ0v) is 10.9. The molecule has 1 aliphatic carbocycles. The van der Waals surface area contributed by atoms with Crippen LogP contribution in [0, 0.1) is 18.6 Å². The van der Waals surface area contributed by atoms with Gasteiger partial charge in [0.1, 0.15) is 0 Å². The first-order valence-corrected chi connectivity index (χ1v) is 6.14. The highest BCUT2D eigenvalue weighted by molar-refractivity contribution is 5.84. The first kappa shape index (κ1) is 13.9. The van der Waals surface area contributed by atoms with Gasteiger partial charge in [-0.2, -0.15) is 0 Å². The first-order chi connectivity index (χ1) is 8.92. The van der Waals surface area contributed by atoms with Gasteiger partial charge in [0.25, 0.3) is 0 Å². The predicted octanol–water partition coefficient (Wildman–Crippen LogP) is 2.23. The number of aliphatic hydroxyl groups excluding tert-OH is 1. The number of hydrogen-bond acceptors (Lipinski definition) is 3. The van der Waals surface area contributed by atoms with Gasteiger partial charge in [0, 0.05) is 0 Å². The lowest BCUT2D eigenvalue weighted by atomic mass is 9.76. The number of carbonyl (C=O) groups is 1. The molecule has 0 spiro atoms. The molecule has 104 valence electrons. The molecule has 0 radical (unpaired) electrons. The summed E-state index contributed by atoms with van der Waals surface area (Å²) in [7, 11) is 1.25. The summed E-state index contributed by atoms with van der Waals surface area (Å²) in [6.45, 7) is 1.43. The second-order valence-corrected chi connectivity index (χ2v) is 5.00. The molecular weight excluding hydrogens is 254 g/mol. The summed E-state index contributed by atoms with van der Waals surface area (Å²) in [5.74, 6) is -2.42. The molecule has 2 atom stereocenters. The SMILES string of the molecule is COC(=O)C1(c2ccc(F)c(F)c2C)CCC(O)C1. The van der Waals surface area contributed by atoms with Crippen LogP contribution in [0.15, 0.2) is 12.1 Å². The van der Waals surface area contributed by atoms with Crippen LogP contribution in [-0.2, 0) is 14.9 Å². The van der Waals surface area contributed by atoms with E-state index in [-0.39, 0.29) is 12.0 Å². The van der Waals surface area contributed by atoms with E-state index in [9.17, 15) is 18.7 Å². The number of halogens is 2. The average Bonchev–Trinajstić information content (AvgIpc) is 2.78. The van der Waals surface area contributed by atoms with Crippen molar-refractivity contribution in [1.82, 2.24) is 0 Å². The van der Waals surface area contributed by atoms with Crippen LogP contribution < -0.4 is 0 Å². The Morgan fingerprint density at radius 1 is 1.47 bits per heavy atom. The van der Waals surface area contributed by atoms with Gasteiger partial charge < -0.3 is 9.84 Å². The van der Waals surface area contributed by atoms with Crippen molar-refractivity contribution in [3.63, 3.8) is 0 Å². The normalized spacial score (nSPS) is 26.5. The fraction of sp³-hybridized carbons (Fsp3) is 0.500. The monoisotopic (exact) mass is 270 g/mol. The molecule has 1 aromatic carbocycles. The number of hydrogen-bond donors (Lipinski definition) is 1. The molecule has 1 aliphatic rings. The van der Waals surface area contributed by atoms with Gasteiger partial charge in [-0.15, -0.1) is 0 Å². The lowest BCUT2D eigenvalue weighted by Gasteiger charge is -2.28. The highest BCUT2D eigenvalue weighted by atomic mass is 19.2. The van der Waals surface area contributed by atoms with Gasteiger partial charge >= 0.3 is 5.97 Å². The van der Waals surface area contributed by atoms with Crippen molar-refractivity contribution in [1.29, 1.82) is 0 Å². The third-order valence-electron chi connectivity index (χ3n) is 3.92. The molecule has 1 saturated carbocycles. The van der Waals surface area contributed by atoms with Gasteiger partial charge in [0.15, 0.2) is 11.6 Å². The molecule has 5 heteroatoms. The maximum atomic E-state index is 13.7. The van der Waals surface area contributed by atoms with E-state index in [2.05, 4.69) is 0 Å². The minimum Gasteiger partial charge on any atom is -0.468 e. The zero-order chi connectivity index (χ0) is 14.2. The van der Waals surface area contributed by atoms with Gasteiger partial charge in [-0.05, 0) is 43.4 Å². The van der Waals surface area contributed by atoms with E-state index in [4.69, 9.17) is 4.74 Å². The van der Waals surface area contributed by atoms with Crippen molar-refractivity contribution in [3.05, 3.63) is 34.9 Å². The van der Waals surface area contributed by atoms with Gasteiger partial charge in [-0.25, -0.2) is 8.78 Å².